The third kappa shape index (κ3) is 4.28. The largest absolute Gasteiger partial charge is 0.494 e. The third-order valence-electron chi connectivity index (χ3n) is 3.24. The lowest BCUT2D eigenvalue weighted by Crippen LogP contribution is -2.20. The average Bonchev–Trinajstić information content (AvgIpc) is 2.52. The molecule has 2 rings (SSSR count). The minimum absolute atomic E-state index is 0.550. The average molecular weight is 270 g/mol. The Morgan fingerprint density at radius 3 is 2.60 bits per heavy atom. The van der Waals surface area contributed by atoms with Gasteiger partial charge in [0.25, 0.3) is 0 Å². The van der Waals surface area contributed by atoms with E-state index in [1.54, 1.807) is 0 Å². The number of nitrogens with zero attached hydrogens (tertiary/aromatic N) is 1. The van der Waals surface area contributed by atoms with E-state index in [1.165, 1.54) is 5.69 Å². The van der Waals surface area contributed by atoms with Gasteiger partial charge in [0.2, 0.25) is 0 Å². The van der Waals surface area contributed by atoms with Crippen LogP contribution in [0.1, 0.15) is 12.0 Å². The highest BCUT2D eigenvalue weighted by atomic mass is 16.5. The zero-order chi connectivity index (χ0) is 14.2. The van der Waals surface area contributed by atoms with Crippen molar-refractivity contribution >= 4 is 5.69 Å². The van der Waals surface area contributed by atoms with Crippen LogP contribution in [0.2, 0.25) is 0 Å². The van der Waals surface area contributed by atoms with Gasteiger partial charge in [-0.25, -0.2) is 0 Å². The van der Waals surface area contributed by atoms with Crippen LogP contribution < -0.4 is 15.4 Å². The van der Waals surface area contributed by atoms with E-state index in [0.29, 0.717) is 13.2 Å². The summed E-state index contributed by atoms with van der Waals surface area (Å²) >= 11 is 0. The molecule has 106 valence electrons. The van der Waals surface area contributed by atoms with Gasteiger partial charge < -0.3 is 15.4 Å². The molecule has 0 atom stereocenters. The first-order valence-electron chi connectivity index (χ1n) is 6.97. The van der Waals surface area contributed by atoms with E-state index in [4.69, 9.17) is 10.5 Å². The number of benzene rings is 2. The summed E-state index contributed by atoms with van der Waals surface area (Å²) < 4.78 is 5.75. The second kappa shape index (κ2) is 7.56. The molecular formula is C17H22N2O. The molecule has 3 heteroatoms. The number of ether oxygens (including phenoxy) is 1. The molecule has 0 saturated carbocycles. The smallest absolute Gasteiger partial charge is 0.119 e. The van der Waals surface area contributed by atoms with Crippen LogP contribution >= 0.6 is 0 Å². The Bertz CT molecular complexity index is 513. The molecule has 20 heavy (non-hydrogen) atoms. The van der Waals surface area contributed by atoms with Crippen LogP contribution in [0.15, 0.2) is 54.6 Å². The monoisotopic (exact) mass is 270 g/mol. The highest BCUT2D eigenvalue weighted by Crippen LogP contribution is 2.14. The highest BCUT2D eigenvalue weighted by molar-refractivity contribution is 5.44. The molecule has 0 aliphatic heterocycles. The quantitative estimate of drug-likeness (QED) is 0.786. The first-order chi connectivity index (χ1) is 9.79. The SMILES string of the molecule is CN(CCCOc1cccc(CN)c1)c1ccccc1. The summed E-state index contributed by atoms with van der Waals surface area (Å²) in [7, 11) is 2.10. The molecule has 0 fully saturated rings. The lowest BCUT2D eigenvalue weighted by atomic mass is 10.2. The van der Waals surface area contributed by atoms with Crippen LogP contribution in [-0.2, 0) is 6.54 Å². The fourth-order valence-electron chi connectivity index (χ4n) is 2.07. The normalized spacial score (nSPS) is 10.3. The van der Waals surface area contributed by atoms with Crippen molar-refractivity contribution < 1.29 is 4.74 Å². The molecule has 3 nitrogen and oxygen atoms in total. The van der Waals surface area contributed by atoms with Gasteiger partial charge in [-0.2, -0.15) is 0 Å². The number of para-hydroxylation sites is 1. The summed E-state index contributed by atoms with van der Waals surface area (Å²) in [5.74, 6) is 0.898. The predicted molar refractivity (Wildman–Crippen MR) is 84.2 cm³/mol. The topological polar surface area (TPSA) is 38.5 Å². The molecule has 0 spiro atoms. The van der Waals surface area contributed by atoms with Crippen molar-refractivity contribution in [3.8, 4) is 5.75 Å². The molecule has 0 aromatic heterocycles. The van der Waals surface area contributed by atoms with Gasteiger partial charge in [-0.3, -0.25) is 0 Å². The lowest BCUT2D eigenvalue weighted by molar-refractivity contribution is 0.312. The van der Waals surface area contributed by atoms with Crippen LogP contribution in [0.4, 0.5) is 5.69 Å². The second-order valence-electron chi connectivity index (χ2n) is 4.81. The van der Waals surface area contributed by atoms with Gasteiger partial charge in [0.15, 0.2) is 0 Å². The Kier molecular flexibility index (Phi) is 5.44. The Morgan fingerprint density at radius 2 is 1.85 bits per heavy atom. The molecule has 0 radical (unpaired) electrons. The van der Waals surface area contributed by atoms with E-state index in [9.17, 15) is 0 Å². The van der Waals surface area contributed by atoms with Crippen LogP contribution in [0, 0.1) is 0 Å². The molecule has 0 heterocycles. The minimum atomic E-state index is 0.550. The van der Waals surface area contributed by atoms with Gasteiger partial charge in [-0.05, 0) is 36.2 Å². The van der Waals surface area contributed by atoms with Crippen molar-refractivity contribution in [1.29, 1.82) is 0 Å². The molecule has 0 saturated heterocycles. The molecule has 0 aliphatic rings. The van der Waals surface area contributed by atoms with E-state index < -0.39 is 0 Å². The molecular weight excluding hydrogens is 248 g/mol. The van der Waals surface area contributed by atoms with Crippen molar-refractivity contribution in [3.63, 3.8) is 0 Å². The second-order valence-corrected chi connectivity index (χ2v) is 4.81. The lowest BCUT2D eigenvalue weighted by Gasteiger charge is -2.19. The van der Waals surface area contributed by atoms with E-state index in [1.807, 2.05) is 30.3 Å². The van der Waals surface area contributed by atoms with E-state index in [2.05, 4.69) is 36.2 Å². The van der Waals surface area contributed by atoms with E-state index in [-0.39, 0.29) is 0 Å². The summed E-state index contributed by atoms with van der Waals surface area (Å²) in [5.41, 5.74) is 7.95. The predicted octanol–water partition coefficient (Wildman–Crippen LogP) is 3.05. The first kappa shape index (κ1) is 14.4. The molecule has 2 aromatic carbocycles. The van der Waals surface area contributed by atoms with Gasteiger partial charge in [-0.15, -0.1) is 0 Å². The third-order valence-corrected chi connectivity index (χ3v) is 3.24. The number of anilines is 1. The van der Waals surface area contributed by atoms with Gasteiger partial charge in [0.1, 0.15) is 5.75 Å². The summed E-state index contributed by atoms with van der Waals surface area (Å²) in [6.07, 6.45) is 0.984. The minimum Gasteiger partial charge on any atom is -0.494 e. The fourth-order valence-corrected chi connectivity index (χ4v) is 2.07. The zero-order valence-electron chi connectivity index (χ0n) is 12.0. The summed E-state index contributed by atoms with van der Waals surface area (Å²) in [6.45, 7) is 2.24. The molecule has 2 aromatic rings. The Balaban J connectivity index is 1.73. The number of rotatable bonds is 7. The van der Waals surface area contributed by atoms with Crippen LogP contribution in [0.3, 0.4) is 0 Å². The van der Waals surface area contributed by atoms with Gasteiger partial charge in [-0.1, -0.05) is 30.3 Å². The summed E-state index contributed by atoms with van der Waals surface area (Å²) in [6, 6.07) is 18.3. The van der Waals surface area contributed by atoms with Crippen molar-refractivity contribution in [2.75, 3.05) is 25.1 Å². The maximum absolute atomic E-state index is 5.75. The highest BCUT2D eigenvalue weighted by Gasteiger charge is 2.00. The van der Waals surface area contributed by atoms with Crippen LogP contribution in [0.5, 0.6) is 5.75 Å². The molecule has 0 aliphatic carbocycles. The Hall–Kier alpha value is -2.00. The fraction of sp³-hybridized carbons (Fsp3) is 0.294. The Labute approximate surface area is 121 Å². The maximum Gasteiger partial charge on any atom is 0.119 e. The van der Waals surface area contributed by atoms with Crippen molar-refractivity contribution in [3.05, 3.63) is 60.2 Å². The van der Waals surface area contributed by atoms with E-state index >= 15 is 0 Å². The number of hydrogen-bond donors (Lipinski definition) is 1. The first-order valence-corrected chi connectivity index (χ1v) is 6.97. The summed E-state index contributed by atoms with van der Waals surface area (Å²) in [5, 5.41) is 0. The van der Waals surface area contributed by atoms with E-state index in [0.717, 1.165) is 24.3 Å². The van der Waals surface area contributed by atoms with Crippen LogP contribution in [0.25, 0.3) is 0 Å². The van der Waals surface area contributed by atoms with Gasteiger partial charge in [0, 0.05) is 25.8 Å². The number of hydrogen-bond acceptors (Lipinski definition) is 3. The summed E-state index contributed by atoms with van der Waals surface area (Å²) in [4.78, 5) is 2.24. The van der Waals surface area contributed by atoms with Gasteiger partial charge in [0.05, 0.1) is 6.61 Å². The molecule has 0 amide bonds. The van der Waals surface area contributed by atoms with Crippen molar-refractivity contribution in [1.82, 2.24) is 0 Å². The molecule has 0 bridgehead atoms. The molecule has 0 unspecified atom stereocenters. The van der Waals surface area contributed by atoms with Crippen LogP contribution in [-0.4, -0.2) is 20.2 Å². The molecule has 2 N–H and O–H groups in total. The standard InChI is InChI=1S/C17H22N2O/c1-19(16-8-3-2-4-9-16)11-6-12-20-17-10-5-7-15(13-17)14-18/h2-5,7-10,13H,6,11-12,14,18H2,1H3. The number of nitrogens with two attached hydrogens (primary N) is 1. The Morgan fingerprint density at radius 1 is 1.05 bits per heavy atom. The van der Waals surface area contributed by atoms with Crippen molar-refractivity contribution in [2.45, 2.75) is 13.0 Å². The maximum atomic E-state index is 5.75. The van der Waals surface area contributed by atoms with Gasteiger partial charge >= 0.3 is 0 Å². The van der Waals surface area contributed by atoms with Crippen molar-refractivity contribution in [2.24, 2.45) is 5.73 Å². The zero-order valence-corrected chi connectivity index (χ0v) is 12.0.